The van der Waals surface area contributed by atoms with Crippen LogP contribution < -0.4 is 10.2 Å². The highest BCUT2D eigenvalue weighted by Crippen LogP contribution is 2.27. The van der Waals surface area contributed by atoms with Crippen LogP contribution in [0.1, 0.15) is 23.8 Å². The maximum absolute atomic E-state index is 9.68. The fraction of sp³-hybridized carbons (Fsp3) is 0.250. The summed E-state index contributed by atoms with van der Waals surface area (Å²) in [6, 6.07) is 15.5. The number of thiazole rings is 1. The van der Waals surface area contributed by atoms with Crippen LogP contribution in [0.25, 0.3) is 10.6 Å². The van der Waals surface area contributed by atoms with Gasteiger partial charge < -0.3 is 14.8 Å². The van der Waals surface area contributed by atoms with Crippen molar-refractivity contribution in [3.8, 4) is 16.3 Å². The number of hydrogen-bond acceptors (Lipinski definition) is 5. The molecule has 2 N–H and O–H groups in total. The molecule has 1 aromatic heterocycles. The minimum Gasteiger partial charge on any atom is -0.493 e. The Morgan fingerprint density at radius 3 is 2.62 bits per heavy atom. The van der Waals surface area contributed by atoms with Crippen LogP contribution in [0.15, 0.2) is 54.7 Å². The van der Waals surface area contributed by atoms with Crippen molar-refractivity contribution >= 4 is 23.9 Å². The van der Waals surface area contributed by atoms with E-state index in [9.17, 15) is 10.0 Å². The van der Waals surface area contributed by atoms with Crippen molar-refractivity contribution in [2.75, 3.05) is 6.61 Å². The van der Waals surface area contributed by atoms with E-state index in [0.717, 1.165) is 24.3 Å². The van der Waals surface area contributed by atoms with Crippen molar-refractivity contribution in [3.63, 3.8) is 0 Å². The number of aromatic nitrogens is 1. The topological polar surface area (TPSA) is 62.6 Å². The summed E-state index contributed by atoms with van der Waals surface area (Å²) in [7, 11) is -1.54. The molecule has 0 spiro atoms. The standard InChI is InChI=1S/C20H22BNO3S/c1-2-6-17-14-22-20(26-17)18-13-16(9-10-19(18)21(23)24)25-12-11-15-7-4-3-5-8-15/h3-5,7-10,13-14,23-24H,2,6,11-12H2,1H3. The predicted molar refractivity (Wildman–Crippen MR) is 107 cm³/mol. The largest absolute Gasteiger partial charge is 0.493 e. The SMILES string of the molecule is CCCc1cnc(-c2cc(OCCc3ccccc3)ccc2B(O)O)s1. The van der Waals surface area contributed by atoms with Crippen LogP contribution in [-0.4, -0.2) is 28.8 Å². The molecule has 4 nitrogen and oxygen atoms in total. The molecule has 0 aliphatic heterocycles. The molecule has 0 bridgehead atoms. The summed E-state index contributed by atoms with van der Waals surface area (Å²) < 4.78 is 5.87. The van der Waals surface area contributed by atoms with E-state index in [1.165, 1.54) is 10.4 Å². The van der Waals surface area contributed by atoms with E-state index in [-0.39, 0.29) is 0 Å². The Morgan fingerprint density at radius 1 is 1.08 bits per heavy atom. The molecule has 0 unspecified atom stereocenters. The number of hydrogen-bond donors (Lipinski definition) is 2. The molecule has 0 saturated carbocycles. The van der Waals surface area contributed by atoms with Gasteiger partial charge in [-0.25, -0.2) is 4.98 Å². The average molecular weight is 367 g/mol. The molecule has 0 aliphatic rings. The summed E-state index contributed by atoms with van der Waals surface area (Å²) in [6.07, 6.45) is 4.71. The van der Waals surface area contributed by atoms with Crippen molar-refractivity contribution in [2.45, 2.75) is 26.2 Å². The lowest BCUT2D eigenvalue weighted by Crippen LogP contribution is -2.31. The summed E-state index contributed by atoms with van der Waals surface area (Å²) in [6.45, 7) is 2.69. The highest BCUT2D eigenvalue weighted by molar-refractivity contribution is 7.15. The molecule has 0 radical (unpaired) electrons. The lowest BCUT2D eigenvalue weighted by molar-refractivity contribution is 0.322. The van der Waals surface area contributed by atoms with Gasteiger partial charge in [0, 0.05) is 23.1 Å². The van der Waals surface area contributed by atoms with Crippen molar-refractivity contribution < 1.29 is 14.8 Å². The Kier molecular flexibility index (Phi) is 6.44. The van der Waals surface area contributed by atoms with E-state index in [1.54, 1.807) is 23.5 Å². The summed E-state index contributed by atoms with van der Waals surface area (Å²) >= 11 is 1.58. The zero-order valence-electron chi connectivity index (χ0n) is 14.8. The lowest BCUT2D eigenvalue weighted by atomic mass is 9.77. The van der Waals surface area contributed by atoms with Crippen LogP contribution >= 0.6 is 11.3 Å². The highest BCUT2D eigenvalue weighted by atomic mass is 32.1. The third-order valence-electron chi connectivity index (χ3n) is 4.09. The molecule has 0 aliphatic carbocycles. The third kappa shape index (κ3) is 4.72. The first kappa shape index (κ1) is 18.6. The average Bonchev–Trinajstić information content (AvgIpc) is 3.11. The van der Waals surface area contributed by atoms with E-state index in [4.69, 9.17) is 4.74 Å². The van der Waals surface area contributed by atoms with E-state index >= 15 is 0 Å². The Labute approximate surface area is 158 Å². The number of benzene rings is 2. The second kappa shape index (κ2) is 8.99. The number of rotatable bonds is 8. The number of ether oxygens (including phenoxy) is 1. The molecular formula is C20H22BNO3S. The summed E-state index contributed by atoms with van der Waals surface area (Å²) in [5.41, 5.74) is 2.38. The van der Waals surface area contributed by atoms with Gasteiger partial charge in [0.1, 0.15) is 10.8 Å². The molecule has 0 saturated heterocycles. The van der Waals surface area contributed by atoms with Crippen LogP contribution in [0, 0.1) is 0 Å². The smallest absolute Gasteiger partial charge is 0.489 e. The van der Waals surface area contributed by atoms with Crippen LogP contribution in [0.5, 0.6) is 5.75 Å². The van der Waals surface area contributed by atoms with Gasteiger partial charge in [0.2, 0.25) is 0 Å². The van der Waals surface area contributed by atoms with Gasteiger partial charge in [0.05, 0.1) is 6.61 Å². The van der Waals surface area contributed by atoms with Gasteiger partial charge >= 0.3 is 7.12 Å². The van der Waals surface area contributed by atoms with Crippen LogP contribution in [0.3, 0.4) is 0 Å². The van der Waals surface area contributed by atoms with Gasteiger partial charge in [-0.05, 0) is 29.6 Å². The van der Waals surface area contributed by atoms with Crippen LogP contribution in [0.4, 0.5) is 0 Å². The maximum atomic E-state index is 9.68. The highest BCUT2D eigenvalue weighted by Gasteiger charge is 2.20. The van der Waals surface area contributed by atoms with Gasteiger partial charge in [0.25, 0.3) is 0 Å². The van der Waals surface area contributed by atoms with Crippen LogP contribution in [-0.2, 0) is 12.8 Å². The molecule has 26 heavy (non-hydrogen) atoms. The van der Waals surface area contributed by atoms with Crippen molar-refractivity contribution in [1.29, 1.82) is 0 Å². The molecule has 0 atom stereocenters. The van der Waals surface area contributed by atoms with Gasteiger partial charge in [-0.15, -0.1) is 11.3 Å². The number of aryl methyl sites for hydroxylation is 1. The molecule has 3 rings (SSSR count). The van der Waals surface area contributed by atoms with E-state index < -0.39 is 7.12 Å². The molecule has 2 aromatic carbocycles. The summed E-state index contributed by atoms with van der Waals surface area (Å²) in [5, 5.41) is 20.1. The molecule has 134 valence electrons. The Hall–Kier alpha value is -2.15. The first-order valence-electron chi connectivity index (χ1n) is 8.79. The second-order valence-electron chi connectivity index (χ2n) is 6.09. The van der Waals surface area contributed by atoms with Crippen LogP contribution in [0.2, 0.25) is 0 Å². The lowest BCUT2D eigenvalue weighted by Gasteiger charge is -2.11. The Bertz CT molecular complexity index is 836. The Morgan fingerprint density at radius 2 is 1.88 bits per heavy atom. The normalized spacial score (nSPS) is 10.7. The fourth-order valence-electron chi connectivity index (χ4n) is 2.76. The first-order chi connectivity index (χ1) is 12.7. The van der Waals surface area contributed by atoms with Crippen molar-refractivity contribution in [2.24, 2.45) is 0 Å². The minimum atomic E-state index is -1.54. The quantitative estimate of drug-likeness (QED) is 0.601. The summed E-state index contributed by atoms with van der Waals surface area (Å²) in [4.78, 5) is 5.65. The first-order valence-corrected chi connectivity index (χ1v) is 9.61. The number of nitrogens with zero attached hydrogens (tertiary/aromatic N) is 1. The molecule has 1 heterocycles. The molecule has 0 fully saturated rings. The van der Waals surface area contributed by atoms with Crippen molar-refractivity contribution in [1.82, 2.24) is 4.98 Å². The third-order valence-corrected chi connectivity index (χ3v) is 5.18. The maximum Gasteiger partial charge on any atom is 0.489 e. The second-order valence-corrected chi connectivity index (χ2v) is 7.20. The summed E-state index contributed by atoms with van der Waals surface area (Å²) in [5.74, 6) is 0.701. The van der Waals surface area contributed by atoms with E-state index in [1.807, 2.05) is 30.5 Å². The van der Waals surface area contributed by atoms with Gasteiger partial charge in [-0.3, -0.25) is 0 Å². The predicted octanol–water partition coefficient (Wildman–Crippen LogP) is 3.06. The zero-order chi connectivity index (χ0) is 18.4. The van der Waals surface area contributed by atoms with E-state index in [2.05, 4.69) is 24.0 Å². The van der Waals surface area contributed by atoms with Gasteiger partial charge in [-0.1, -0.05) is 49.7 Å². The monoisotopic (exact) mass is 367 g/mol. The molecule has 0 amide bonds. The molecular weight excluding hydrogens is 345 g/mol. The molecule has 6 heteroatoms. The fourth-order valence-corrected chi connectivity index (χ4v) is 3.81. The minimum absolute atomic E-state index is 0.442. The Balaban J connectivity index is 1.77. The van der Waals surface area contributed by atoms with Gasteiger partial charge in [-0.2, -0.15) is 0 Å². The zero-order valence-corrected chi connectivity index (χ0v) is 15.6. The van der Waals surface area contributed by atoms with E-state index in [0.29, 0.717) is 23.4 Å². The van der Waals surface area contributed by atoms with Gasteiger partial charge in [0.15, 0.2) is 0 Å². The molecule has 3 aromatic rings. The van der Waals surface area contributed by atoms with Crippen molar-refractivity contribution in [3.05, 3.63) is 65.2 Å².